The molecule has 0 saturated heterocycles. The van der Waals surface area contributed by atoms with E-state index in [0.717, 1.165) is 5.56 Å². The lowest BCUT2D eigenvalue weighted by Crippen LogP contribution is -2.10. The maximum atomic E-state index is 10.0. The van der Waals surface area contributed by atoms with Gasteiger partial charge < -0.3 is 15.6 Å². The second kappa shape index (κ2) is 6.68. The molecule has 6 heteroatoms. The fourth-order valence-corrected chi connectivity index (χ4v) is 2.45. The Bertz CT molecular complexity index is 605. The van der Waals surface area contributed by atoms with Gasteiger partial charge in [-0.15, -0.1) is 0 Å². The second-order valence-electron chi connectivity index (χ2n) is 4.19. The molecule has 106 valence electrons. The number of rotatable bonds is 4. The van der Waals surface area contributed by atoms with E-state index >= 15 is 0 Å². The summed E-state index contributed by atoms with van der Waals surface area (Å²) < 4.78 is 6.19. The molecule has 3 N–H and O–H groups in total. The minimum absolute atomic E-state index is 0.0710. The van der Waals surface area contributed by atoms with Crippen molar-refractivity contribution in [2.75, 3.05) is 12.3 Å². The zero-order valence-electron chi connectivity index (χ0n) is 10.3. The Kier molecular flexibility index (Phi) is 5.16. The molecule has 0 aromatic heterocycles. The number of hydrogen-bond donors (Lipinski definition) is 2. The van der Waals surface area contributed by atoms with Crippen molar-refractivity contribution < 1.29 is 9.84 Å². The minimum Gasteiger partial charge on any atom is -0.489 e. The number of aliphatic hydroxyl groups excluding tert-OH is 1. The molecule has 0 bridgehead atoms. The minimum atomic E-state index is -0.769. The summed E-state index contributed by atoms with van der Waals surface area (Å²) in [6.45, 7) is 0.0710. The van der Waals surface area contributed by atoms with E-state index in [-0.39, 0.29) is 6.61 Å². The molecule has 0 fully saturated rings. The number of halogens is 3. The molecular formula is C14H12BrCl2NO2. The van der Waals surface area contributed by atoms with Crippen LogP contribution in [0, 0.1) is 0 Å². The Morgan fingerprint density at radius 3 is 2.45 bits per heavy atom. The van der Waals surface area contributed by atoms with Crippen LogP contribution in [-0.4, -0.2) is 11.7 Å². The van der Waals surface area contributed by atoms with Gasteiger partial charge in [-0.1, -0.05) is 35.3 Å². The summed E-state index contributed by atoms with van der Waals surface area (Å²) in [5, 5.41) is 11.0. The standard InChI is InChI=1S/C14H12BrCl2NO2/c15-10-5-12(17)14(6-11(10)16)20-7-13(19)8-1-3-9(18)4-2-8/h1-6,13,19H,7,18H2. The van der Waals surface area contributed by atoms with Gasteiger partial charge in [-0.3, -0.25) is 0 Å². The third-order valence-electron chi connectivity index (χ3n) is 2.69. The Balaban J connectivity index is 2.05. The summed E-state index contributed by atoms with van der Waals surface area (Å²) in [5.74, 6) is 0.425. The van der Waals surface area contributed by atoms with Crippen molar-refractivity contribution in [3.05, 3.63) is 56.5 Å². The Labute approximate surface area is 135 Å². The predicted molar refractivity (Wildman–Crippen MR) is 85.5 cm³/mol. The van der Waals surface area contributed by atoms with Gasteiger partial charge in [-0.2, -0.15) is 0 Å². The van der Waals surface area contributed by atoms with Crippen molar-refractivity contribution in [2.45, 2.75) is 6.10 Å². The first-order valence-electron chi connectivity index (χ1n) is 5.78. The lowest BCUT2D eigenvalue weighted by Gasteiger charge is -2.14. The molecule has 0 aliphatic heterocycles. The van der Waals surface area contributed by atoms with E-state index in [1.54, 1.807) is 36.4 Å². The molecule has 2 rings (SSSR count). The molecule has 2 aromatic carbocycles. The molecule has 2 aromatic rings. The highest BCUT2D eigenvalue weighted by Gasteiger charge is 2.11. The molecule has 3 nitrogen and oxygen atoms in total. The maximum Gasteiger partial charge on any atom is 0.139 e. The number of ether oxygens (including phenoxy) is 1. The molecule has 0 amide bonds. The van der Waals surface area contributed by atoms with Gasteiger partial charge >= 0.3 is 0 Å². The van der Waals surface area contributed by atoms with Crippen LogP contribution in [0.5, 0.6) is 5.75 Å². The van der Waals surface area contributed by atoms with Crippen LogP contribution in [0.2, 0.25) is 10.0 Å². The van der Waals surface area contributed by atoms with E-state index < -0.39 is 6.10 Å². The number of aliphatic hydroxyl groups is 1. The predicted octanol–water partition coefficient (Wildman–Crippen LogP) is 4.45. The first kappa shape index (κ1) is 15.4. The molecule has 1 unspecified atom stereocenters. The van der Waals surface area contributed by atoms with Crippen LogP contribution < -0.4 is 10.5 Å². The maximum absolute atomic E-state index is 10.0. The summed E-state index contributed by atoms with van der Waals surface area (Å²) >= 11 is 15.3. The van der Waals surface area contributed by atoms with Gasteiger partial charge in [0, 0.05) is 16.2 Å². The van der Waals surface area contributed by atoms with Gasteiger partial charge in [0.25, 0.3) is 0 Å². The van der Waals surface area contributed by atoms with Crippen LogP contribution in [-0.2, 0) is 0 Å². The molecule has 1 atom stereocenters. The summed E-state index contributed by atoms with van der Waals surface area (Å²) in [7, 11) is 0. The lowest BCUT2D eigenvalue weighted by molar-refractivity contribution is 0.108. The third kappa shape index (κ3) is 3.79. The van der Waals surface area contributed by atoms with E-state index in [4.69, 9.17) is 33.7 Å². The summed E-state index contributed by atoms with van der Waals surface area (Å²) in [4.78, 5) is 0. The van der Waals surface area contributed by atoms with Crippen LogP contribution in [0.4, 0.5) is 5.69 Å². The summed E-state index contributed by atoms with van der Waals surface area (Å²) in [5.41, 5.74) is 6.96. The number of hydrogen-bond acceptors (Lipinski definition) is 3. The van der Waals surface area contributed by atoms with Gasteiger partial charge in [-0.25, -0.2) is 0 Å². The third-order valence-corrected chi connectivity index (χ3v) is 4.19. The average Bonchev–Trinajstić information content (AvgIpc) is 2.42. The number of anilines is 1. The number of nitrogen functional groups attached to an aromatic ring is 1. The SMILES string of the molecule is Nc1ccc(C(O)COc2cc(Cl)c(Br)cc2Cl)cc1. The normalized spacial score (nSPS) is 12.2. The second-order valence-corrected chi connectivity index (χ2v) is 5.86. The highest BCUT2D eigenvalue weighted by molar-refractivity contribution is 9.10. The summed E-state index contributed by atoms with van der Waals surface area (Å²) in [6, 6.07) is 10.2. The lowest BCUT2D eigenvalue weighted by atomic mass is 10.1. The van der Waals surface area contributed by atoms with Gasteiger partial charge in [0.05, 0.1) is 10.0 Å². The largest absolute Gasteiger partial charge is 0.489 e. The van der Waals surface area contributed by atoms with Gasteiger partial charge in [-0.05, 0) is 39.7 Å². The molecule has 0 radical (unpaired) electrons. The van der Waals surface area contributed by atoms with Crippen molar-refractivity contribution in [1.29, 1.82) is 0 Å². The van der Waals surface area contributed by atoms with Crippen LogP contribution in [0.25, 0.3) is 0 Å². The zero-order chi connectivity index (χ0) is 14.7. The van der Waals surface area contributed by atoms with E-state index in [9.17, 15) is 5.11 Å². The van der Waals surface area contributed by atoms with E-state index in [2.05, 4.69) is 15.9 Å². The quantitative estimate of drug-likeness (QED) is 0.612. The highest BCUT2D eigenvalue weighted by atomic mass is 79.9. The molecule has 20 heavy (non-hydrogen) atoms. The Morgan fingerprint density at radius 2 is 1.80 bits per heavy atom. The van der Waals surface area contributed by atoms with Crippen molar-refractivity contribution >= 4 is 44.8 Å². The fourth-order valence-electron chi connectivity index (χ4n) is 1.60. The molecular weight excluding hydrogens is 365 g/mol. The number of benzene rings is 2. The molecule has 0 spiro atoms. The van der Waals surface area contributed by atoms with E-state index in [1.807, 2.05) is 0 Å². The van der Waals surface area contributed by atoms with Crippen molar-refractivity contribution in [1.82, 2.24) is 0 Å². The monoisotopic (exact) mass is 375 g/mol. The molecule has 0 aliphatic rings. The average molecular weight is 377 g/mol. The van der Waals surface area contributed by atoms with Crippen molar-refractivity contribution in [3.8, 4) is 5.75 Å². The first-order valence-corrected chi connectivity index (χ1v) is 7.33. The van der Waals surface area contributed by atoms with Crippen LogP contribution >= 0.6 is 39.1 Å². The van der Waals surface area contributed by atoms with Gasteiger partial charge in [0.2, 0.25) is 0 Å². The van der Waals surface area contributed by atoms with Crippen LogP contribution in [0.3, 0.4) is 0 Å². The Hall–Kier alpha value is -0.940. The Morgan fingerprint density at radius 1 is 1.15 bits per heavy atom. The zero-order valence-corrected chi connectivity index (χ0v) is 13.4. The van der Waals surface area contributed by atoms with Gasteiger partial charge in [0.1, 0.15) is 18.5 Å². The van der Waals surface area contributed by atoms with Crippen molar-refractivity contribution in [2.24, 2.45) is 0 Å². The summed E-state index contributed by atoms with van der Waals surface area (Å²) in [6.07, 6.45) is -0.769. The van der Waals surface area contributed by atoms with E-state index in [1.165, 1.54) is 0 Å². The topological polar surface area (TPSA) is 55.5 Å². The van der Waals surface area contributed by atoms with Gasteiger partial charge in [0.15, 0.2) is 0 Å². The van der Waals surface area contributed by atoms with E-state index in [0.29, 0.717) is 26.0 Å². The smallest absolute Gasteiger partial charge is 0.139 e. The molecule has 0 saturated carbocycles. The van der Waals surface area contributed by atoms with Crippen molar-refractivity contribution in [3.63, 3.8) is 0 Å². The first-order chi connectivity index (χ1) is 9.47. The number of nitrogens with two attached hydrogens (primary N) is 1. The highest BCUT2D eigenvalue weighted by Crippen LogP contribution is 2.34. The molecule has 0 heterocycles. The molecule has 0 aliphatic carbocycles. The fraction of sp³-hybridized carbons (Fsp3) is 0.143. The van der Waals surface area contributed by atoms with Crippen LogP contribution in [0.1, 0.15) is 11.7 Å². The van der Waals surface area contributed by atoms with Crippen LogP contribution in [0.15, 0.2) is 40.9 Å².